The summed E-state index contributed by atoms with van der Waals surface area (Å²) in [6.07, 6.45) is 4.25. The summed E-state index contributed by atoms with van der Waals surface area (Å²) in [6, 6.07) is 1.82. The van der Waals surface area contributed by atoms with E-state index in [4.69, 9.17) is 5.73 Å². The molecule has 2 aliphatic rings. The van der Waals surface area contributed by atoms with E-state index in [1.54, 1.807) is 7.05 Å². The Morgan fingerprint density at radius 3 is 2.90 bits per heavy atom. The number of nitrogen functional groups attached to an aromatic ring is 1. The highest BCUT2D eigenvalue weighted by Gasteiger charge is 2.29. The van der Waals surface area contributed by atoms with Crippen LogP contribution in [-0.4, -0.2) is 36.0 Å². The molecule has 0 aromatic carbocycles. The second-order valence-corrected chi connectivity index (χ2v) is 5.68. The predicted molar refractivity (Wildman–Crippen MR) is 77.4 cm³/mol. The SMILES string of the molecule is CNC(=O)C1CCCN(c2cc(N)nc(C3CC3)n2)C1. The number of nitrogens with one attached hydrogen (secondary N) is 1. The van der Waals surface area contributed by atoms with Crippen molar-refractivity contribution in [3.05, 3.63) is 11.9 Å². The topological polar surface area (TPSA) is 84.1 Å². The Bertz CT molecular complexity index is 514. The summed E-state index contributed by atoms with van der Waals surface area (Å²) < 4.78 is 0. The van der Waals surface area contributed by atoms with E-state index in [2.05, 4.69) is 20.2 Å². The van der Waals surface area contributed by atoms with Gasteiger partial charge in [0.2, 0.25) is 5.91 Å². The third kappa shape index (κ3) is 2.69. The number of carbonyl (C=O) groups is 1. The van der Waals surface area contributed by atoms with Gasteiger partial charge in [0.1, 0.15) is 17.5 Å². The Morgan fingerprint density at radius 1 is 1.40 bits per heavy atom. The van der Waals surface area contributed by atoms with Crippen molar-refractivity contribution in [2.75, 3.05) is 30.8 Å². The monoisotopic (exact) mass is 275 g/mol. The van der Waals surface area contributed by atoms with Crippen LogP contribution in [0.1, 0.15) is 37.4 Å². The van der Waals surface area contributed by atoms with Crippen LogP contribution in [0.3, 0.4) is 0 Å². The molecule has 1 saturated carbocycles. The number of carbonyl (C=O) groups excluding carboxylic acids is 1. The highest BCUT2D eigenvalue weighted by atomic mass is 16.1. The number of piperidine rings is 1. The average Bonchev–Trinajstić information content (AvgIpc) is 3.30. The molecule has 6 nitrogen and oxygen atoms in total. The maximum atomic E-state index is 11.8. The zero-order chi connectivity index (χ0) is 14.1. The molecule has 0 radical (unpaired) electrons. The predicted octanol–water partition coefficient (Wildman–Crippen LogP) is 0.899. The standard InChI is InChI=1S/C14H21N5O/c1-16-14(20)10-3-2-6-19(8-10)12-7-11(15)17-13(18-12)9-4-5-9/h7,9-10H,2-6,8H2,1H3,(H,16,20)(H2,15,17,18). The fourth-order valence-electron chi connectivity index (χ4n) is 2.76. The van der Waals surface area contributed by atoms with Gasteiger partial charge < -0.3 is 16.0 Å². The molecule has 1 unspecified atom stereocenters. The van der Waals surface area contributed by atoms with Crippen LogP contribution in [0.4, 0.5) is 11.6 Å². The molecule has 20 heavy (non-hydrogen) atoms. The number of hydrogen-bond donors (Lipinski definition) is 2. The van der Waals surface area contributed by atoms with Crippen molar-refractivity contribution in [1.29, 1.82) is 0 Å². The lowest BCUT2D eigenvalue weighted by Crippen LogP contribution is -2.42. The molecule has 108 valence electrons. The van der Waals surface area contributed by atoms with Gasteiger partial charge in [-0.2, -0.15) is 0 Å². The third-order valence-electron chi connectivity index (χ3n) is 4.05. The molecule has 1 atom stereocenters. The van der Waals surface area contributed by atoms with Crippen LogP contribution in [0.2, 0.25) is 0 Å². The number of rotatable bonds is 3. The summed E-state index contributed by atoms with van der Waals surface area (Å²) >= 11 is 0. The van der Waals surface area contributed by atoms with Gasteiger partial charge in [0.15, 0.2) is 0 Å². The molecule has 2 heterocycles. The molecule has 1 saturated heterocycles. The summed E-state index contributed by atoms with van der Waals surface area (Å²) in [5, 5.41) is 2.73. The number of nitrogens with two attached hydrogens (primary N) is 1. The van der Waals surface area contributed by atoms with Crippen LogP contribution in [0.25, 0.3) is 0 Å². The summed E-state index contributed by atoms with van der Waals surface area (Å²) in [5.74, 6) is 2.89. The minimum Gasteiger partial charge on any atom is -0.384 e. The average molecular weight is 275 g/mol. The fourth-order valence-corrected chi connectivity index (χ4v) is 2.76. The van der Waals surface area contributed by atoms with E-state index < -0.39 is 0 Å². The summed E-state index contributed by atoms with van der Waals surface area (Å²) in [5.41, 5.74) is 5.90. The van der Waals surface area contributed by atoms with Gasteiger partial charge in [-0.15, -0.1) is 0 Å². The molecule has 1 aliphatic carbocycles. The smallest absolute Gasteiger partial charge is 0.224 e. The molecule has 3 N–H and O–H groups in total. The molecule has 1 aliphatic heterocycles. The van der Waals surface area contributed by atoms with Gasteiger partial charge in [0.05, 0.1) is 5.92 Å². The van der Waals surface area contributed by atoms with Gasteiger partial charge in [-0.05, 0) is 25.7 Å². The van der Waals surface area contributed by atoms with Crippen molar-refractivity contribution in [3.8, 4) is 0 Å². The van der Waals surface area contributed by atoms with Crippen LogP contribution in [0.15, 0.2) is 6.07 Å². The van der Waals surface area contributed by atoms with Crippen LogP contribution < -0.4 is 16.0 Å². The first-order valence-electron chi connectivity index (χ1n) is 7.28. The highest BCUT2D eigenvalue weighted by Crippen LogP contribution is 2.39. The second kappa shape index (κ2) is 5.26. The van der Waals surface area contributed by atoms with Crippen molar-refractivity contribution in [3.63, 3.8) is 0 Å². The molecular weight excluding hydrogens is 254 g/mol. The maximum Gasteiger partial charge on any atom is 0.224 e. The Kier molecular flexibility index (Phi) is 3.46. The van der Waals surface area contributed by atoms with E-state index in [9.17, 15) is 4.79 Å². The Morgan fingerprint density at radius 2 is 2.20 bits per heavy atom. The van der Waals surface area contributed by atoms with E-state index in [0.717, 1.165) is 43.9 Å². The fraction of sp³-hybridized carbons (Fsp3) is 0.643. The first-order valence-corrected chi connectivity index (χ1v) is 7.28. The molecule has 0 spiro atoms. The van der Waals surface area contributed by atoms with E-state index >= 15 is 0 Å². The highest BCUT2D eigenvalue weighted by molar-refractivity contribution is 5.79. The van der Waals surface area contributed by atoms with Gasteiger partial charge in [0, 0.05) is 32.1 Å². The zero-order valence-electron chi connectivity index (χ0n) is 11.8. The molecule has 1 amide bonds. The quantitative estimate of drug-likeness (QED) is 0.856. The van der Waals surface area contributed by atoms with Gasteiger partial charge >= 0.3 is 0 Å². The molecule has 1 aromatic rings. The minimum absolute atomic E-state index is 0.0364. The summed E-state index contributed by atoms with van der Waals surface area (Å²) in [7, 11) is 1.69. The van der Waals surface area contributed by atoms with Gasteiger partial charge in [0.25, 0.3) is 0 Å². The second-order valence-electron chi connectivity index (χ2n) is 5.68. The lowest BCUT2D eigenvalue weighted by molar-refractivity contribution is -0.124. The first-order chi connectivity index (χ1) is 9.67. The molecule has 0 bridgehead atoms. The van der Waals surface area contributed by atoms with E-state index in [1.807, 2.05) is 6.07 Å². The van der Waals surface area contributed by atoms with Gasteiger partial charge in [-0.25, -0.2) is 9.97 Å². The number of hydrogen-bond acceptors (Lipinski definition) is 5. The summed E-state index contributed by atoms with van der Waals surface area (Å²) in [4.78, 5) is 22.9. The van der Waals surface area contributed by atoms with Crippen molar-refractivity contribution in [1.82, 2.24) is 15.3 Å². The van der Waals surface area contributed by atoms with E-state index in [-0.39, 0.29) is 11.8 Å². The summed E-state index contributed by atoms with van der Waals surface area (Å²) in [6.45, 7) is 1.63. The van der Waals surface area contributed by atoms with Crippen molar-refractivity contribution in [2.45, 2.75) is 31.6 Å². The number of aromatic nitrogens is 2. The Hall–Kier alpha value is -1.85. The van der Waals surface area contributed by atoms with Crippen molar-refractivity contribution >= 4 is 17.5 Å². The van der Waals surface area contributed by atoms with Crippen LogP contribution >= 0.6 is 0 Å². The molecule has 1 aromatic heterocycles. The van der Waals surface area contributed by atoms with E-state index in [0.29, 0.717) is 18.3 Å². The Balaban J connectivity index is 1.79. The third-order valence-corrected chi connectivity index (χ3v) is 4.05. The number of nitrogens with zero attached hydrogens (tertiary/aromatic N) is 3. The number of amides is 1. The molecule has 6 heteroatoms. The lowest BCUT2D eigenvalue weighted by atomic mass is 9.97. The van der Waals surface area contributed by atoms with Gasteiger partial charge in [-0.1, -0.05) is 0 Å². The molecule has 2 fully saturated rings. The van der Waals surface area contributed by atoms with E-state index in [1.165, 1.54) is 0 Å². The molecular formula is C14H21N5O. The normalized spacial score (nSPS) is 22.6. The largest absolute Gasteiger partial charge is 0.384 e. The molecule has 3 rings (SSSR count). The number of anilines is 2. The van der Waals surface area contributed by atoms with Crippen LogP contribution in [-0.2, 0) is 4.79 Å². The van der Waals surface area contributed by atoms with Crippen LogP contribution in [0, 0.1) is 5.92 Å². The Labute approximate surface area is 118 Å². The maximum absolute atomic E-state index is 11.8. The van der Waals surface area contributed by atoms with Crippen LogP contribution in [0.5, 0.6) is 0 Å². The van der Waals surface area contributed by atoms with Crippen molar-refractivity contribution in [2.24, 2.45) is 5.92 Å². The van der Waals surface area contributed by atoms with Gasteiger partial charge in [-0.3, -0.25) is 4.79 Å². The first kappa shape index (κ1) is 13.1. The lowest BCUT2D eigenvalue weighted by Gasteiger charge is -2.32. The minimum atomic E-state index is 0.0364. The van der Waals surface area contributed by atoms with Crippen molar-refractivity contribution < 1.29 is 4.79 Å². The zero-order valence-corrected chi connectivity index (χ0v) is 11.8.